The SMILES string of the molecule is Cn1cc(S(=O)(=O)N2CC(Cn3cncn3)C2)cn1. The average Bonchev–Trinajstić information content (AvgIpc) is 2.93. The van der Waals surface area contributed by atoms with E-state index in [9.17, 15) is 8.42 Å². The summed E-state index contributed by atoms with van der Waals surface area (Å²) in [4.78, 5) is 4.11. The maximum absolute atomic E-state index is 12.2. The van der Waals surface area contributed by atoms with E-state index in [0.717, 1.165) is 0 Å². The summed E-state index contributed by atoms with van der Waals surface area (Å²) in [5.74, 6) is 0.285. The molecule has 19 heavy (non-hydrogen) atoms. The number of aryl methyl sites for hydroxylation is 1. The molecule has 8 nitrogen and oxygen atoms in total. The minimum atomic E-state index is -3.39. The highest BCUT2D eigenvalue weighted by molar-refractivity contribution is 7.89. The lowest BCUT2D eigenvalue weighted by atomic mass is 10.0. The van der Waals surface area contributed by atoms with Gasteiger partial charge in [0.25, 0.3) is 0 Å². The first-order chi connectivity index (χ1) is 9.05. The Morgan fingerprint density at radius 3 is 2.74 bits per heavy atom. The van der Waals surface area contributed by atoms with Gasteiger partial charge in [-0.1, -0.05) is 0 Å². The van der Waals surface area contributed by atoms with Gasteiger partial charge in [0.05, 0.1) is 6.20 Å². The van der Waals surface area contributed by atoms with Gasteiger partial charge in [0.2, 0.25) is 10.0 Å². The van der Waals surface area contributed by atoms with Crippen LogP contribution >= 0.6 is 0 Å². The Morgan fingerprint density at radius 1 is 1.37 bits per heavy atom. The monoisotopic (exact) mass is 282 g/mol. The van der Waals surface area contributed by atoms with Crippen LogP contribution in [0.3, 0.4) is 0 Å². The van der Waals surface area contributed by atoms with Crippen LogP contribution in [0.5, 0.6) is 0 Å². The van der Waals surface area contributed by atoms with E-state index in [1.54, 1.807) is 18.1 Å². The molecule has 1 saturated heterocycles. The zero-order valence-corrected chi connectivity index (χ0v) is 11.2. The van der Waals surface area contributed by atoms with Gasteiger partial charge in [-0.2, -0.15) is 14.5 Å². The second-order valence-electron chi connectivity index (χ2n) is 4.66. The Morgan fingerprint density at radius 2 is 2.16 bits per heavy atom. The molecule has 0 aliphatic carbocycles. The van der Waals surface area contributed by atoms with Gasteiger partial charge in [-0.3, -0.25) is 9.36 Å². The van der Waals surface area contributed by atoms with Crippen molar-refractivity contribution in [1.29, 1.82) is 0 Å². The second-order valence-corrected chi connectivity index (χ2v) is 6.59. The number of nitrogens with zero attached hydrogens (tertiary/aromatic N) is 6. The minimum absolute atomic E-state index is 0.245. The van der Waals surface area contributed by atoms with Crippen molar-refractivity contribution in [3.05, 3.63) is 25.0 Å². The van der Waals surface area contributed by atoms with Gasteiger partial charge in [-0.25, -0.2) is 13.4 Å². The fraction of sp³-hybridized carbons (Fsp3) is 0.500. The normalized spacial score (nSPS) is 17.5. The highest BCUT2D eigenvalue weighted by Crippen LogP contribution is 2.25. The number of sulfonamides is 1. The topological polar surface area (TPSA) is 85.9 Å². The minimum Gasteiger partial charge on any atom is -0.274 e. The van der Waals surface area contributed by atoms with Gasteiger partial charge >= 0.3 is 0 Å². The molecule has 9 heteroatoms. The van der Waals surface area contributed by atoms with E-state index in [4.69, 9.17) is 0 Å². The second kappa shape index (κ2) is 4.42. The van der Waals surface area contributed by atoms with Crippen molar-refractivity contribution < 1.29 is 8.42 Å². The summed E-state index contributed by atoms with van der Waals surface area (Å²) >= 11 is 0. The standard InChI is InChI=1S/C10H14N6O2S/c1-14-6-10(2-12-14)19(17,18)16-4-9(5-16)3-15-8-11-7-13-15/h2,6-9H,3-5H2,1H3. The molecular formula is C10H14N6O2S. The van der Waals surface area contributed by atoms with Gasteiger partial charge in [0, 0.05) is 38.8 Å². The third kappa shape index (κ3) is 2.26. The summed E-state index contributed by atoms with van der Waals surface area (Å²) in [5, 5.41) is 7.90. The molecule has 3 rings (SSSR count). The Bertz CT molecular complexity index is 656. The third-order valence-corrected chi connectivity index (χ3v) is 4.94. The zero-order valence-electron chi connectivity index (χ0n) is 10.4. The molecule has 1 aliphatic heterocycles. The molecule has 0 unspecified atom stereocenters. The molecule has 0 amide bonds. The first-order valence-electron chi connectivity index (χ1n) is 5.87. The highest BCUT2D eigenvalue weighted by Gasteiger charge is 2.37. The lowest BCUT2D eigenvalue weighted by Gasteiger charge is -2.37. The van der Waals surface area contributed by atoms with Crippen molar-refractivity contribution in [3.63, 3.8) is 0 Å². The molecule has 0 radical (unpaired) electrons. The van der Waals surface area contributed by atoms with Gasteiger partial charge in [-0.15, -0.1) is 0 Å². The Balaban J connectivity index is 1.64. The molecule has 0 aromatic carbocycles. The Labute approximate surface area is 110 Å². The zero-order chi connectivity index (χ0) is 13.5. The largest absolute Gasteiger partial charge is 0.274 e. The van der Waals surface area contributed by atoms with Crippen molar-refractivity contribution in [2.24, 2.45) is 13.0 Å². The number of rotatable bonds is 4. The van der Waals surface area contributed by atoms with E-state index >= 15 is 0 Å². The predicted molar refractivity (Wildman–Crippen MR) is 65.5 cm³/mol. The molecule has 1 fully saturated rings. The molecule has 0 bridgehead atoms. The van der Waals surface area contributed by atoms with E-state index in [2.05, 4.69) is 15.2 Å². The average molecular weight is 282 g/mol. The first-order valence-corrected chi connectivity index (χ1v) is 7.31. The predicted octanol–water partition coefficient (Wildman–Crippen LogP) is -0.668. The van der Waals surface area contributed by atoms with Crippen LogP contribution in [0.2, 0.25) is 0 Å². The van der Waals surface area contributed by atoms with E-state index < -0.39 is 10.0 Å². The van der Waals surface area contributed by atoms with Crippen LogP contribution in [-0.4, -0.2) is 50.4 Å². The molecular weight excluding hydrogens is 268 g/mol. The molecule has 0 saturated carbocycles. The first kappa shape index (κ1) is 12.3. The highest BCUT2D eigenvalue weighted by atomic mass is 32.2. The van der Waals surface area contributed by atoms with Crippen LogP contribution in [0.4, 0.5) is 0 Å². The van der Waals surface area contributed by atoms with Crippen molar-refractivity contribution >= 4 is 10.0 Å². The molecule has 2 aromatic heterocycles. The van der Waals surface area contributed by atoms with Crippen LogP contribution in [-0.2, 0) is 23.6 Å². The molecule has 0 N–H and O–H groups in total. The quantitative estimate of drug-likeness (QED) is 0.742. The molecule has 1 aliphatic rings. The van der Waals surface area contributed by atoms with Crippen molar-refractivity contribution in [1.82, 2.24) is 28.9 Å². The van der Waals surface area contributed by atoms with Crippen molar-refractivity contribution in [3.8, 4) is 0 Å². The summed E-state index contributed by atoms with van der Waals surface area (Å²) in [6.45, 7) is 1.72. The molecule has 0 atom stereocenters. The fourth-order valence-electron chi connectivity index (χ4n) is 2.11. The van der Waals surface area contributed by atoms with E-state index in [1.807, 2.05) is 0 Å². The smallest absolute Gasteiger partial charge is 0.246 e. The summed E-state index contributed by atoms with van der Waals surface area (Å²) in [6, 6.07) is 0. The van der Waals surface area contributed by atoms with Gasteiger partial charge in [-0.05, 0) is 0 Å². The molecule has 2 aromatic rings. The van der Waals surface area contributed by atoms with Gasteiger partial charge in [0.1, 0.15) is 17.6 Å². The van der Waals surface area contributed by atoms with Crippen LogP contribution in [0.25, 0.3) is 0 Å². The Kier molecular flexibility index (Phi) is 2.86. The summed E-state index contributed by atoms with van der Waals surface area (Å²) in [5.41, 5.74) is 0. The summed E-state index contributed by atoms with van der Waals surface area (Å²) in [6.07, 6.45) is 6.00. The lowest BCUT2D eigenvalue weighted by Crippen LogP contribution is -2.51. The summed E-state index contributed by atoms with van der Waals surface area (Å²) in [7, 11) is -1.69. The number of hydrogen-bond donors (Lipinski definition) is 0. The van der Waals surface area contributed by atoms with E-state index in [1.165, 1.54) is 27.7 Å². The summed E-state index contributed by atoms with van der Waals surface area (Å²) < 4.78 is 29.1. The van der Waals surface area contributed by atoms with Crippen LogP contribution in [0.15, 0.2) is 29.9 Å². The van der Waals surface area contributed by atoms with Gasteiger partial charge in [0.15, 0.2) is 0 Å². The lowest BCUT2D eigenvalue weighted by molar-refractivity contribution is 0.174. The van der Waals surface area contributed by atoms with Crippen molar-refractivity contribution in [2.75, 3.05) is 13.1 Å². The maximum Gasteiger partial charge on any atom is 0.246 e. The van der Waals surface area contributed by atoms with Crippen molar-refractivity contribution in [2.45, 2.75) is 11.4 Å². The van der Waals surface area contributed by atoms with Crippen LogP contribution in [0.1, 0.15) is 0 Å². The molecule has 102 valence electrons. The van der Waals surface area contributed by atoms with Crippen LogP contribution < -0.4 is 0 Å². The van der Waals surface area contributed by atoms with Gasteiger partial charge < -0.3 is 0 Å². The molecule has 3 heterocycles. The number of hydrogen-bond acceptors (Lipinski definition) is 5. The maximum atomic E-state index is 12.2. The van der Waals surface area contributed by atoms with E-state index in [0.29, 0.717) is 19.6 Å². The molecule has 0 spiro atoms. The third-order valence-electron chi connectivity index (χ3n) is 3.15. The van der Waals surface area contributed by atoms with Crippen LogP contribution in [0, 0.1) is 5.92 Å². The van der Waals surface area contributed by atoms with E-state index in [-0.39, 0.29) is 10.8 Å². The number of aromatic nitrogens is 5. The Hall–Kier alpha value is -1.74. The fourth-order valence-corrected chi connectivity index (χ4v) is 3.69.